The maximum Gasteiger partial charge on any atom is 0.370 e. The quantitative estimate of drug-likeness (QED) is 0.0552. The fourth-order valence-corrected chi connectivity index (χ4v) is 3.35. The Balaban J connectivity index is 7.08. The van der Waals surface area contributed by atoms with Crippen molar-refractivity contribution in [1.82, 2.24) is 0 Å². The molecule has 0 fully saturated rings. The van der Waals surface area contributed by atoms with Gasteiger partial charge in [0.1, 0.15) is 0 Å². The van der Waals surface area contributed by atoms with Gasteiger partial charge in [0, 0.05) is 6.42 Å². The van der Waals surface area contributed by atoms with Crippen molar-refractivity contribution in [1.29, 1.82) is 0 Å². The summed E-state index contributed by atoms with van der Waals surface area (Å²) in [5.41, 5.74) is 0. The zero-order valence-corrected chi connectivity index (χ0v) is 21.2. The summed E-state index contributed by atoms with van der Waals surface area (Å²) in [7, 11) is 0. The van der Waals surface area contributed by atoms with Crippen molar-refractivity contribution >= 4 is 5.97 Å². The molecule has 24 heteroatoms. The number of hydrogen-bond donors (Lipinski definition) is 23. The average Bonchev–Trinajstić information content (AvgIpc) is 2.80. The Morgan fingerprint density at radius 2 is 0.667 bits per heavy atom. The predicted molar refractivity (Wildman–Crippen MR) is 115 cm³/mol. The molecule has 0 radical (unpaired) electrons. The van der Waals surface area contributed by atoms with Gasteiger partial charge in [0.15, 0.2) is 0 Å². The molecule has 0 aliphatic heterocycles. The first kappa shape index (κ1) is 40.6. The number of aliphatic carboxylic acids is 1. The number of unbranched alkanes of at least 4 members (excludes halogenated alkanes) is 3. The lowest BCUT2D eigenvalue weighted by Gasteiger charge is -2.57. The fraction of sp³-hybridized carbons (Fsp3) is 0.944. The molecule has 0 amide bonds. The van der Waals surface area contributed by atoms with Gasteiger partial charge in [-0.2, -0.15) is 0 Å². The molecule has 0 unspecified atom stereocenters. The van der Waals surface area contributed by atoms with E-state index in [9.17, 15) is 117 Å². The minimum absolute atomic E-state index is 0.0712. The van der Waals surface area contributed by atoms with Crippen molar-refractivity contribution < 1.29 is 122 Å². The summed E-state index contributed by atoms with van der Waals surface area (Å²) in [6.07, 6.45) is -0.793. The Kier molecular flexibility index (Phi) is 10.8. The van der Waals surface area contributed by atoms with E-state index >= 15 is 0 Å². The van der Waals surface area contributed by atoms with Gasteiger partial charge in [-0.25, -0.2) is 4.79 Å². The first-order valence-electron chi connectivity index (χ1n) is 11.2. The summed E-state index contributed by atoms with van der Waals surface area (Å²) in [5, 5.41) is 225. The second-order valence-corrected chi connectivity index (χ2v) is 9.65. The highest BCUT2D eigenvalue weighted by Gasteiger charge is 2.88. The number of hydrogen-bond acceptors (Lipinski definition) is 23. The molecule has 0 saturated heterocycles. The van der Waals surface area contributed by atoms with E-state index in [0.29, 0.717) is 12.8 Å². The van der Waals surface area contributed by atoms with Crippen LogP contribution in [0.2, 0.25) is 0 Å². The third-order valence-electron chi connectivity index (χ3n) is 6.61. The van der Waals surface area contributed by atoms with Gasteiger partial charge < -0.3 is 117 Å². The Morgan fingerprint density at radius 3 is 0.929 bits per heavy atom. The van der Waals surface area contributed by atoms with Crippen LogP contribution >= 0.6 is 0 Å². The summed E-state index contributed by atoms with van der Waals surface area (Å²) in [6.45, 7) is 1.66. The highest BCUT2D eigenvalue weighted by atomic mass is 16.8. The van der Waals surface area contributed by atoms with Gasteiger partial charge in [-0.1, -0.05) is 26.2 Å². The van der Waals surface area contributed by atoms with E-state index in [0.717, 1.165) is 0 Å². The van der Waals surface area contributed by atoms with Crippen molar-refractivity contribution in [3.63, 3.8) is 0 Å². The number of carboxylic acid groups (broad SMARTS) is 1. The topological polar surface area (TPSA) is 482 Å². The van der Waals surface area contributed by atoms with E-state index in [-0.39, 0.29) is 6.42 Å². The molecule has 0 spiro atoms. The molecule has 0 heterocycles. The van der Waals surface area contributed by atoms with Crippen molar-refractivity contribution in [3.05, 3.63) is 0 Å². The number of rotatable bonds is 16. The number of carboxylic acids is 1. The molecule has 0 aromatic heterocycles. The van der Waals surface area contributed by atoms with Crippen LogP contribution in [0.3, 0.4) is 0 Å². The van der Waals surface area contributed by atoms with E-state index in [1.165, 1.54) is 0 Å². The zero-order chi connectivity index (χ0) is 34.6. The molecule has 0 aliphatic carbocycles. The van der Waals surface area contributed by atoms with Gasteiger partial charge in [-0.15, -0.1) is 0 Å². The van der Waals surface area contributed by atoms with Crippen LogP contribution in [0.1, 0.15) is 39.0 Å². The Bertz CT molecular complexity index is 958. The van der Waals surface area contributed by atoms with Gasteiger partial charge in [-0.3, -0.25) is 0 Å². The summed E-state index contributed by atoms with van der Waals surface area (Å²) in [6, 6.07) is 0. The molecule has 0 aromatic rings. The van der Waals surface area contributed by atoms with Gasteiger partial charge in [0.2, 0.25) is 5.79 Å². The maximum absolute atomic E-state index is 10.8. The molecule has 23 N–H and O–H groups in total. The molecular formula is C18H36O24. The molecule has 0 aromatic carbocycles. The maximum atomic E-state index is 10.8. The lowest BCUT2D eigenvalue weighted by atomic mass is 9.74. The highest BCUT2D eigenvalue weighted by molar-refractivity contribution is 5.76. The van der Waals surface area contributed by atoms with Crippen LogP contribution in [0.5, 0.6) is 0 Å². The summed E-state index contributed by atoms with van der Waals surface area (Å²) >= 11 is 0. The first-order valence-corrected chi connectivity index (χ1v) is 11.2. The SMILES string of the molecule is CCCCCCC(O)(O)C(O)(O)C(O)(O)C(O)(O)C(O)(O)C(O)(O)C(O)(O)C(O)(O)C(O)(O)C(O)(O)C(O)(O)C(=O)O. The minimum Gasteiger partial charge on any atom is -0.477 e. The van der Waals surface area contributed by atoms with Gasteiger partial charge in [0.25, 0.3) is 52.1 Å². The van der Waals surface area contributed by atoms with Crippen LogP contribution in [0.15, 0.2) is 0 Å². The van der Waals surface area contributed by atoms with Crippen LogP contribution in [0, 0.1) is 0 Å². The van der Waals surface area contributed by atoms with E-state index < -0.39 is 82.5 Å². The van der Waals surface area contributed by atoms with Crippen LogP contribution in [-0.2, 0) is 4.79 Å². The molecule has 0 saturated carbocycles. The molecule has 42 heavy (non-hydrogen) atoms. The largest absolute Gasteiger partial charge is 0.477 e. The predicted octanol–water partition coefficient (Wildman–Crippen LogP) is -12.5. The first-order chi connectivity index (χ1) is 18.0. The fourth-order valence-electron chi connectivity index (χ4n) is 3.35. The molecular weight excluding hydrogens is 600 g/mol. The molecule has 252 valence electrons. The smallest absolute Gasteiger partial charge is 0.370 e. The molecule has 24 nitrogen and oxygen atoms in total. The number of aliphatic hydroxyl groups is 22. The van der Waals surface area contributed by atoms with Crippen LogP contribution in [-0.4, -0.2) is 187 Å². The zero-order valence-electron chi connectivity index (χ0n) is 21.2. The van der Waals surface area contributed by atoms with E-state index in [2.05, 4.69) is 0 Å². The number of carbonyl (C=O) groups is 1. The monoisotopic (exact) mass is 636 g/mol. The van der Waals surface area contributed by atoms with Gasteiger partial charge >= 0.3 is 11.8 Å². The van der Waals surface area contributed by atoms with Crippen molar-refractivity contribution in [2.45, 2.75) is 103 Å². The summed E-state index contributed by atoms with van der Waals surface area (Å²) < 4.78 is 0. The third kappa shape index (κ3) is 5.28. The lowest BCUT2D eigenvalue weighted by molar-refractivity contribution is -0.606. The normalized spacial score (nSPS) is 16.2. The van der Waals surface area contributed by atoms with Crippen molar-refractivity contribution in [2.24, 2.45) is 0 Å². The Hall–Kier alpha value is -1.41. The lowest BCUT2D eigenvalue weighted by Crippen LogP contribution is -2.91. The van der Waals surface area contributed by atoms with E-state index in [1.807, 2.05) is 0 Å². The summed E-state index contributed by atoms with van der Waals surface area (Å²) in [4.78, 5) is 10.8. The van der Waals surface area contributed by atoms with Crippen LogP contribution in [0.25, 0.3) is 0 Å². The minimum atomic E-state index is -6.30. The molecule has 0 rings (SSSR count). The van der Waals surface area contributed by atoms with E-state index in [4.69, 9.17) is 5.11 Å². The van der Waals surface area contributed by atoms with Crippen molar-refractivity contribution in [2.75, 3.05) is 0 Å². The van der Waals surface area contributed by atoms with Crippen LogP contribution < -0.4 is 0 Å². The second-order valence-electron chi connectivity index (χ2n) is 9.65. The van der Waals surface area contributed by atoms with Crippen molar-refractivity contribution in [3.8, 4) is 0 Å². The molecule has 0 atom stereocenters. The average molecular weight is 636 g/mol. The summed E-state index contributed by atoms with van der Waals surface area (Å²) in [5.74, 6) is -67.0. The second kappa shape index (κ2) is 11.2. The molecule has 0 bridgehead atoms. The Morgan fingerprint density at radius 1 is 0.405 bits per heavy atom. The Labute approximate surface area is 231 Å². The molecule has 0 aliphatic rings. The third-order valence-corrected chi connectivity index (χ3v) is 6.61. The standard InChI is InChI=1S/C18H36O24/c1-2-3-4-5-6-8(21,22)10(25,26)12(29,30)14(33,34)16(37,38)18(41,42)17(39,40)15(35,36)13(31,32)11(27,28)9(23,24)7(19)20/h21-42H,2-6H2,1H3,(H,19,20). The van der Waals surface area contributed by atoms with Gasteiger partial charge in [0.05, 0.1) is 0 Å². The van der Waals surface area contributed by atoms with Gasteiger partial charge in [-0.05, 0) is 6.42 Å². The van der Waals surface area contributed by atoms with E-state index in [1.54, 1.807) is 6.92 Å². The highest BCUT2D eigenvalue weighted by Crippen LogP contribution is 2.49. The van der Waals surface area contributed by atoms with Crippen LogP contribution in [0.4, 0.5) is 0 Å².